The summed E-state index contributed by atoms with van der Waals surface area (Å²) in [5.41, 5.74) is 1.94. The van der Waals surface area contributed by atoms with Crippen LogP contribution in [0.2, 0.25) is 0 Å². The molecule has 0 aromatic heterocycles. The van der Waals surface area contributed by atoms with Crippen LogP contribution in [-0.4, -0.2) is 18.2 Å². The molecule has 3 nitrogen and oxygen atoms in total. The number of hydrogen-bond donors (Lipinski definition) is 1. The maximum Gasteiger partial charge on any atom is 0.328 e. The average molecular weight is 206 g/mol. The summed E-state index contributed by atoms with van der Waals surface area (Å²) in [5.74, 6) is -0.103. The van der Waals surface area contributed by atoms with Gasteiger partial charge in [-0.05, 0) is 35.8 Å². The summed E-state index contributed by atoms with van der Waals surface area (Å²) in [7, 11) is 1.63. The zero-order chi connectivity index (χ0) is 11.3. The summed E-state index contributed by atoms with van der Waals surface area (Å²) in [6.45, 7) is 2.03. The van der Waals surface area contributed by atoms with E-state index in [1.807, 2.05) is 25.1 Å². The van der Waals surface area contributed by atoms with E-state index in [2.05, 4.69) is 0 Å². The third kappa shape index (κ3) is 3.13. The molecule has 0 bridgehead atoms. The number of carbonyl (C=O) groups is 1. The predicted molar refractivity (Wildman–Crippen MR) is 59.0 cm³/mol. The highest BCUT2D eigenvalue weighted by Crippen LogP contribution is 2.20. The lowest BCUT2D eigenvalue weighted by atomic mass is 10.1. The van der Waals surface area contributed by atoms with E-state index < -0.39 is 5.97 Å². The molecule has 1 N–H and O–H groups in total. The molecular formula is C12H14O3. The summed E-state index contributed by atoms with van der Waals surface area (Å²) < 4.78 is 5.18. The van der Waals surface area contributed by atoms with E-state index >= 15 is 0 Å². The summed E-state index contributed by atoms with van der Waals surface area (Å²) in [6, 6.07) is 5.61. The van der Waals surface area contributed by atoms with Crippen molar-refractivity contribution >= 4 is 12.0 Å². The van der Waals surface area contributed by atoms with E-state index in [9.17, 15) is 4.79 Å². The normalized spacial score (nSPS) is 10.5. The van der Waals surface area contributed by atoms with Crippen molar-refractivity contribution in [1.82, 2.24) is 0 Å². The van der Waals surface area contributed by atoms with Gasteiger partial charge in [0.1, 0.15) is 5.75 Å². The first-order valence-corrected chi connectivity index (χ1v) is 4.75. The Kier molecular flexibility index (Phi) is 3.92. The highest BCUT2D eigenvalue weighted by molar-refractivity contribution is 5.85. The second-order valence-corrected chi connectivity index (χ2v) is 3.10. The molecule has 0 atom stereocenters. The summed E-state index contributed by atoms with van der Waals surface area (Å²) in [6.07, 6.45) is 3.56. The number of rotatable bonds is 4. The fourth-order valence-electron chi connectivity index (χ4n) is 1.35. The Morgan fingerprint density at radius 1 is 1.53 bits per heavy atom. The molecule has 0 unspecified atom stereocenters. The van der Waals surface area contributed by atoms with Crippen LogP contribution in [0.4, 0.5) is 0 Å². The molecule has 0 spiro atoms. The Morgan fingerprint density at radius 3 is 2.80 bits per heavy atom. The molecule has 0 aliphatic heterocycles. The zero-order valence-corrected chi connectivity index (χ0v) is 8.86. The van der Waals surface area contributed by atoms with Crippen LogP contribution in [0, 0.1) is 0 Å². The van der Waals surface area contributed by atoms with E-state index in [-0.39, 0.29) is 0 Å². The molecule has 0 saturated heterocycles. The van der Waals surface area contributed by atoms with Gasteiger partial charge in [0.15, 0.2) is 0 Å². The van der Waals surface area contributed by atoms with E-state index in [1.54, 1.807) is 13.2 Å². The molecule has 80 valence electrons. The highest BCUT2D eigenvalue weighted by atomic mass is 16.5. The molecule has 3 heteroatoms. The predicted octanol–water partition coefficient (Wildman–Crippen LogP) is 2.36. The quantitative estimate of drug-likeness (QED) is 0.769. The van der Waals surface area contributed by atoms with Gasteiger partial charge in [-0.1, -0.05) is 13.0 Å². The van der Waals surface area contributed by atoms with E-state index in [4.69, 9.17) is 9.84 Å². The Morgan fingerprint density at radius 2 is 2.27 bits per heavy atom. The van der Waals surface area contributed by atoms with Crippen molar-refractivity contribution in [3.63, 3.8) is 0 Å². The number of benzene rings is 1. The number of carboxylic acids is 1. The van der Waals surface area contributed by atoms with Gasteiger partial charge in [0.05, 0.1) is 7.11 Å². The number of hydrogen-bond acceptors (Lipinski definition) is 2. The molecule has 0 aliphatic rings. The first-order valence-electron chi connectivity index (χ1n) is 4.75. The SMILES string of the molecule is CCc1cc(C=CC(=O)O)ccc1OC. The molecular weight excluding hydrogens is 192 g/mol. The van der Waals surface area contributed by atoms with Gasteiger partial charge in [-0.3, -0.25) is 0 Å². The molecule has 1 aromatic rings. The Balaban J connectivity index is 2.97. The van der Waals surface area contributed by atoms with Gasteiger partial charge in [-0.2, -0.15) is 0 Å². The van der Waals surface area contributed by atoms with E-state index in [0.717, 1.165) is 29.4 Å². The lowest BCUT2D eigenvalue weighted by molar-refractivity contribution is -0.131. The molecule has 1 aromatic carbocycles. The van der Waals surface area contributed by atoms with Crippen molar-refractivity contribution in [2.45, 2.75) is 13.3 Å². The number of aryl methyl sites for hydroxylation is 1. The van der Waals surface area contributed by atoms with Gasteiger partial charge >= 0.3 is 5.97 Å². The molecule has 0 saturated carbocycles. The smallest absolute Gasteiger partial charge is 0.328 e. The van der Waals surface area contributed by atoms with E-state index in [0.29, 0.717) is 0 Å². The first kappa shape index (κ1) is 11.3. The van der Waals surface area contributed by atoms with Crippen LogP contribution in [0.15, 0.2) is 24.3 Å². The van der Waals surface area contributed by atoms with Crippen LogP contribution >= 0.6 is 0 Å². The van der Waals surface area contributed by atoms with Gasteiger partial charge in [0, 0.05) is 6.08 Å². The van der Waals surface area contributed by atoms with Crippen molar-refractivity contribution in [2.24, 2.45) is 0 Å². The van der Waals surface area contributed by atoms with Crippen LogP contribution in [-0.2, 0) is 11.2 Å². The third-order valence-corrected chi connectivity index (χ3v) is 2.10. The molecule has 0 amide bonds. The molecule has 0 heterocycles. The summed E-state index contributed by atoms with van der Waals surface area (Å²) in [5, 5.41) is 8.49. The second kappa shape index (κ2) is 5.20. The highest BCUT2D eigenvalue weighted by Gasteiger charge is 2.00. The minimum Gasteiger partial charge on any atom is -0.496 e. The first-order chi connectivity index (χ1) is 7.17. The monoisotopic (exact) mass is 206 g/mol. The number of methoxy groups -OCH3 is 1. The van der Waals surface area contributed by atoms with Crippen molar-refractivity contribution in [3.05, 3.63) is 35.4 Å². The standard InChI is InChI=1S/C12H14O3/c1-3-10-8-9(5-7-12(13)14)4-6-11(10)15-2/h4-8H,3H2,1-2H3,(H,13,14). The topological polar surface area (TPSA) is 46.5 Å². The number of ether oxygens (including phenoxy) is 1. The Labute approximate surface area is 89.0 Å². The van der Waals surface area contributed by atoms with Gasteiger partial charge in [0.2, 0.25) is 0 Å². The molecule has 0 fully saturated rings. The maximum absolute atomic E-state index is 10.3. The Bertz CT molecular complexity index is 380. The van der Waals surface area contributed by atoms with Crippen LogP contribution in [0.3, 0.4) is 0 Å². The average Bonchev–Trinajstić information content (AvgIpc) is 2.25. The molecule has 0 aliphatic carbocycles. The minimum absolute atomic E-state index is 0.838. The van der Waals surface area contributed by atoms with Crippen LogP contribution in [0.1, 0.15) is 18.1 Å². The lowest BCUT2D eigenvalue weighted by Crippen LogP contribution is -1.91. The minimum atomic E-state index is -0.941. The van der Waals surface area contributed by atoms with Gasteiger partial charge < -0.3 is 9.84 Å². The van der Waals surface area contributed by atoms with Gasteiger partial charge in [0.25, 0.3) is 0 Å². The fourth-order valence-corrected chi connectivity index (χ4v) is 1.35. The van der Waals surface area contributed by atoms with Crippen LogP contribution < -0.4 is 4.74 Å². The van der Waals surface area contributed by atoms with E-state index in [1.165, 1.54) is 0 Å². The zero-order valence-electron chi connectivity index (χ0n) is 8.86. The summed E-state index contributed by atoms with van der Waals surface area (Å²) in [4.78, 5) is 10.3. The fraction of sp³-hybridized carbons (Fsp3) is 0.250. The third-order valence-electron chi connectivity index (χ3n) is 2.10. The Hall–Kier alpha value is -1.77. The lowest BCUT2D eigenvalue weighted by Gasteiger charge is -2.06. The van der Waals surface area contributed by atoms with Crippen molar-refractivity contribution in [3.8, 4) is 5.75 Å². The second-order valence-electron chi connectivity index (χ2n) is 3.10. The van der Waals surface area contributed by atoms with Crippen LogP contribution in [0.5, 0.6) is 5.75 Å². The molecule has 1 rings (SSSR count). The maximum atomic E-state index is 10.3. The molecule has 0 radical (unpaired) electrons. The number of carboxylic acid groups (broad SMARTS) is 1. The van der Waals surface area contributed by atoms with Crippen molar-refractivity contribution in [2.75, 3.05) is 7.11 Å². The summed E-state index contributed by atoms with van der Waals surface area (Å²) >= 11 is 0. The number of aliphatic carboxylic acids is 1. The van der Waals surface area contributed by atoms with Gasteiger partial charge in [-0.15, -0.1) is 0 Å². The van der Waals surface area contributed by atoms with Crippen LogP contribution in [0.25, 0.3) is 6.08 Å². The van der Waals surface area contributed by atoms with Crippen molar-refractivity contribution in [1.29, 1.82) is 0 Å². The molecule has 15 heavy (non-hydrogen) atoms. The van der Waals surface area contributed by atoms with Crippen molar-refractivity contribution < 1.29 is 14.6 Å². The largest absolute Gasteiger partial charge is 0.496 e. The van der Waals surface area contributed by atoms with Gasteiger partial charge in [-0.25, -0.2) is 4.79 Å².